The van der Waals surface area contributed by atoms with E-state index in [2.05, 4.69) is 54.6 Å². The lowest BCUT2D eigenvalue weighted by molar-refractivity contribution is 0.217. The molecule has 0 saturated heterocycles. The van der Waals surface area contributed by atoms with Crippen LogP contribution in [0.25, 0.3) is 0 Å². The minimum absolute atomic E-state index is 0.0569. The molecule has 0 spiro atoms. The molecule has 7 nitrogen and oxygen atoms in total. The summed E-state index contributed by atoms with van der Waals surface area (Å²) in [5.74, 6) is 3.11. The zero-order valence-corrected chi connectivity index (χ0v) is 18.1. The first kappa shape index (κ1) is 21.9. The van der Waals surface area contributed by atoms with E-state index in [1.165, 1.54) is 0 Å². The Morgan fingerprint density at radius 3 is 2.00 bits per heavy atom. The van der Waals surface area contributed by atoms with Gasteiger partial charge in [0.05, 0.1) is 26.9 Å². The van der Waals surface area contributed by atoms with E-state index in [1.54, 1.807) is 32.5 Å². The van der Waals surface area contributed by atoms with E-state index in [-0.39, 0.29) is 10.8 Å². The molecule has 0 radical (unpaired) electrons. The summed E-state index contributed by atoms with van der Waals surface area (Å²) in [5, 5.41) is 0. The Morgan fingerprint density at radius 1 is 0.821 bits per heavy atom. The Hall–Kier alpha value is -2.44. The van der Waals surface area contributed by atoms with Gasteiger partial charge in [-0.15, -0.1) is 0 Å². The molecule has 2 aromatic rings. The number of hydrogen-bond acceptors (Lipinski definition) is 7. The molecule has 0 atom stereocenters. The largest absolute Gasteiger partial charge is 0.481 e. The van der Waals surface area contributed by atoms with Gasteiger partial charge in [0, 0.05) is 25.1 Å². The number of rotatable bonds is 9. The summed E-state index contributed by atoms with van der Waals surface area (Å²) in [7, 11) is 3.17. The molecule has 154 valence electrons. The third-order valence-electron chi connectivity index (χ3n) is 4.18. The number of aromatic nitrogens is 4. The zero-order valence-electron chi connectivity index (χ0n) is 18.1. The lowest BCUT2D eigenvalue weighted by Gasteiger charge is -2.24. The van der Waals surface area contributed by atoms with Gasteiger partial charge in [0.1, 0.15) is 11.6 Å². The first-order valence-corrected chi connectivity index (χ1v) is 9.51. The molecule has 0 aliphatic carbocycles. The molecule has 0 amide bonds. The summed E-state index contributed by atoms with van der Waals surface area (Å²) in [6, 6.07) is 3.47. The van der Waals surface area contributed by atoms with Crippen molar-refractivity contribution in [2.24, 2.45) is 10.8 Å². The second-order valence-electron chi connectivity index (χ2n) is 8.86. The van der Waals surface area contributed by atoms with E-state index in [1.807, 2.05) is 0 Å². The van der Waals surface area contributed by atoms with E-state index in [9.17, 15) is 0 Å². The summed E-state index contributed by atoms with van der Waals surface area (Å²) < 4.78 is 16.3. The van der Waals surface area contributed by atoms with Crippen molar-refractivity contribution in [3.63, 3.8) is 0 Å². The third-order valence-corrected chi connectivity index (χ3v) is 4.18. The lowest BCUT2D eigenvalue weighted by Crippen LogP contribution is -2.21. The van der Waals surface area contributed by atoms with Crippen LogP contribution in [0, 0.1) is 10.8 Å². The van der Waals surface area contributed by atoms with Crippen molar-refractivity contribution >= 4 is 0 Å². The van der Waals surface area contributed by atoms with Crippen molar-refractivity contribution < 1.29 is 14.2 Å². The van der Waals surface area contributed by atoms with Crippen molar-refractivity contribution in [2.45, 2.75) is 53.9 Å². The SMILES string of the molecule is COc1cc(OC)nc(CC(C)(C)CCOc2ccnc(CC(C)(C)C)n2)n1. The Morgan fingerprint density at radius 2 is 1.43 bits per heavy atom. The van der Waals surface area contributed by atoms with Crippen LogP contribution in [0.15, 0.2) is 18.3 Å². The normalized spacial score (nSPS) is 12.0. The van der Waals surface area contributed by atoms with Crippen molar-refractivity contribution in [3.8, 4) is 17.6 Å². The summed E-state index contributed by atoms with van der Waals surface area (Å²) >= 11 is 0. The first-order chi connectivity index (χ1) is 13.1. The molecule has 0 aliphatic rings. The van der Waals surface area contributed by atoms with Gasteiger partial charge in [-0.25, -0.2) is 4.98 Å². The zero-order chi connectivity index (χ0) is 20.8. The molecule has 28 heavy (non-hydrogen) atoms. The molecule has 2 heterocycles. The van der Waals surface area contributed by atoms with Crippen LogP contribution in [0.5, 0.6) is 17.6 Å². The van der Waals surface area contributed by atoms with Crippen LogP contribution in [0.3, 0.4) is 0 Å². The highest BCUT2D eigenvalue weighted by atomic mass is 16.5. The van der Waals surface area contributed by atoms with Gasteiger partial charge < -0.3 is 14.2 Å². The average molecular weight is 389 g/mol. The van der Waals surface area contributed by atoms with Crippen LogP contribution in [-0.2, 0) is 12.8 Å². The molecule has 0 aromatic carbocycles. The molecule has 2 rings (SSSR count). The maximum Gasteiger partial charge on any atom is 0.220 e. The van der Waals surface area contributed by atoms with Crippen LogP contribution in [0.1, 0.15) is 52.7 Å². The van der Waals surface area contributed by atoms with E-state index in [0.29, 0.717) is 36.5 Å². The van der Waals surface area contributed by atoms with Crippen LogP contribution in [-0.4, -0.2) is 40.8 Å². The van der Waals surface area contributed by atoms with Gasteiger partial charge in [0.25, 0.3) is 0 Å². The van der Waals surface area contributed by atoms with Crippen molar-refractivity contribution in [2.75, 3.05) is 20.8 Å². The fourth-order valence-corrected chi connectivity index (χ4v) is 2.71. The number of methoxy groups -OCH3 is 2. The lowest BCUT2D eigenvalue weighted by atomic mass is 9.85. The molecule has 0 unspecified atom stereocenters. The topological polar surface area (TPSA) is 79.2 Å². The third kappa shape index (κ3) is 7.29. The van der Waals surface area contributed by atoms with Gasteiger partial charge >= 0.3 is 0 Å². The smallest absolute Gasteiger partial charge is 0.220 e. The predicted octanol–water partition coefficient (Wildman–Crippen LogP) is 3.91. The van der Waals surface area contributed by atoms with E-state index in [4.69, 9.17) is 14.2 Å². The quantitative estimate of drug-likeness (QED) is 0.644. The summed E-state index contributed by atoms with van der Waals surface area (Å²) in [6.45, 7) is 11.4. The van der Waals surface area contributed by atoms with Crippen molar-refractivity contribution in [1.29, 1.82) is 0 Å². The number of ether oxygens (including phenoxy) is 3. The Balaban J connectivity index is 1.94. The van der Waals surface area contributed by atoms with Crippen LogP contribution in [0.4, 0.5) is 0 Å². The monoisotopic (exact) mass is 388 g/mol. The second-order valence-corrected chi connectivity index (χ2v) is 8.86. The molecule has 7 heteroatoms. The summed E-state index contributed by atoms with van der Waals surface area (Å²) in [5.41, 5.74) is 0.0804. The van der Waals surface area contributed by atoms with Gasteiger partial charge in [0.15, 0.2) is 0 Å². The van der Waals surface area contributed by atoms with Crippen LogP contribution < -0.4 is 14.2 Å². The fraction of sp³-hybridized carbons (Fsp3) is 0.619. The molecule has 0 saturated carbocycles. The number of hydrogen-bond donors (Lipinski definition) is 0. The summed E-state index contributed by atoms with van der Waals surface area (Å²) in [6.07, 6.45) is 4.08. The van der Waals surface area contributed by atoms with E-state index >= 15 is 0 Å². The van der Waals surface area contributed by atoms with Gasteiger partial charge in [0.2, 0.25) is 17.6 Å². The Labute approximate surface area is 167 Å². The highest BCUT2D eigenvalue weighted by Crippen LogP contribution is 2.27. The molecule has 0 bridgehead atoms. The van der Waals surface area contributed by atoms with E-state index in [0.717, 1.165) is 18.7 Å². The molecular formula is C21H32N4O3. The Kier molecular flexibility index (Phi) is 7.16. The van der Waals surface area contributed by atoms with Gasteiger partial charge in [-0.05, 0) is 17.3 Å². The van der Waals surface area contributed by atoms with Crippen molar-refractivity contribution in [1.82, 2.24) is 19.9 Å². The highest BCUT2D eigenvalue weighted by Gasteiger charge is 2.22. The minimum Gasteiger partial charge on any atom is -0.481 e. The molecule has 2 aromatic heterocycles. The fourth-order valence-electron chi connectivity index (χ4n) is 2.71. The van der Waals surface area contributed by atoms with Gasteiger partial charge in [-0.1, -0.05) is 34.6 Å². The minimum atomic E-state index is -0.0569. The predicted molar refractivity (Wildman–Crippen MR) is 108 cm³/mol. The Bertz CT molecular complexity index is 750. The highest BCUT2D eigenvalue weighted by molar-refractivity contribution is 5.21. The maximum atomic E-state index is 5.88. The average Bonchev–Trinajstić information content (AvgIpc) is 2.59. The molecular weight excluding hydrogens is 356 g/mol. The van der Waals surface area contributed by atoms with E-state index < -0.39 is 0 Å². The molecule has 0 aliphatic heterocycles. The first-order valence-electron chi connectivity index (χ1n) is 9.51. The van der Waals surface area contributed by atoms with Crippen LogP contribution in [0.2, 0.25) is 0 Å². The molecule has 0 N–H and O–H groups in total. The second kappa shape index (κ2) is 9.17. The number of nitrogens with zero attached hydrogens (tertiary/aromatic N) is 4. The van der Waals surface area contributed by atoms with Crippen molar-refractivity contribution in [3.05, 3.63) is 30.0 Å². The van der Waals surface area contributed by atoms with Gasteiger partial charge in [-0.3, -0.25) is 0 Å². The van der Waals surface area contributed by atoms with Crippen LogP contribution >= 0.6 is 0 Å². The summed E-state index contributed by atoms with van der Waals surface area (Å²) in [4.78, 5) is 17.7. The maximum absolute atomic E-state index is 5.88. The standard InChI is InChI=1S/C21H32N4O3/c1-20(2,3)13-15-22-10-8-17(23-15)28-11-9-21(4,5)14-16-24-18(26-6)12-19(25-16)27-7/h8,10,12H,9,11,13-14H2,1-7H3. The van der Waals surface area contributed by atoms with Gasteiger partial charge in [-0.2, -0.15) is 15.0 Å². The molecule has 0 fully saturated rings.